The Kier molecular flexibility index (Phi) is 6.74. The maximum Gasteiger partial charge on any atom is 1.00 e. The van der Waals surface area contributed by atoms with E-state index >= 15 is 0 Å². The van der Waals surface area contributed by atoms with Gasteiger partial charge in [0.2, 0.25) is 0 Å². The zero-order chi connectivity index (χ0) is 13.9. The minimum atomic E-state index is -5.11. The van der Waals surface area contributed by atoms with Gasteiger partial charge in [0.1, 0.15) is 12.4 Å². The molecular formula is C13H10BF4KO. The molecule has 0 saturated heterocycles. The second kappa shape index (κ2) is 7.61. The Morgan fingerprint density at radius 3 is 2.10 bits per heavy atom. The van der Waals surface area contributed by atoms with Crippen molar-refractivity contribution in [1.82, 2.24) is 0 Å². The van der Waals surface area contributed by atoms with Crippen molar-refractivity contribution in [2.45, 2.75) is 6.61 Å². The molecule has 100 valence electrons. The van der Waals surface area contributed by atoms with Gasteiger partial charge in [0, 0.05) is 0 Å². The van der Waals surface area contributed by atoms with E-state index < -0.39 is 18.3 Å². The molecular weight excluding hydrogens is 298 g/mol. The van der Waals surface area contributed by atoms with Gasteiger partial charge in [-0.1, -0.05) is 35.8 Å². The van der Waals surface area contributed by atoms with Crippen LogP contribution < -0.4 is 61.6 Å². The zero-order valence-electron chi connectivity index (χ0n) is 10.8. The fourth-order valence-electron chi connectivity index (χ4n) is 1.62. The third kappa shape index (κ3) is 4.89. The molecule has 0 spiro atoms. The third-order valence-electron chi connectivity index (χ3n) is 2.58. The van der Waals surface area contributed by atoms with Gasteiger partial charge in [0.25, 0.3) is 0 Å². The topological polar surface area (TPSA) is 9.23 Å². The molecule has 0 fully saturated rings. The zero-order valence-corrected chi connectivity index (χ0v) is 13.9. The first-order chi connectivity index (χ1) is 8.97. The number of ether oxygens (including phenoxy) is 1. The van der Waals surface area contributed by atoms with Crippen molar-refractivity contribution in [2.24, 2.45) is 0 Å². The second-order valence-electron chi connectivity index (χ2n) is 4.03. The van der Waals surface area contributed by atoms with E-state index in [1.807, 2.05) is 0 Å². The summed E-state index contributed by atoms with van der Waals surface area (Å²) in [5.74, 6) is -0.609. The first-order valence-corrected chi connectivity index (χ1v) is 5.63. The molecule has 0 radical (unpaired) electrons. The van der Waals surface area contributed by atoms with Crippen LogP contribution in [-0.4, -0.2) is 6.98 Å². The average molecular weight is 308 g/mol. The van der Waals surface area contributed by atoms with E-state index in [0.29, 0.717) is 5.56 Å². The number of rotatable bonds is 4. The van der Waals surface area contributed by atoms with Gasteiger partial charge in [0.15, 0.2) is 0 Å². The van der Waals surface area contributed by atoms with Gasteiger partial charge in [-0.15, -0.1) is 0 Å². The van der Waals surface area contributed by atoms with Crippen LogP contribution in [-0.2, 0) is 6.61 Å². The van der Waals surface area contributed by atoms with Gasteiger partial charge >= 0.3 is 58.4 Å². The summed E-state index contributed by atoms with van der Waals surface area (Å²) in [5, 5.41) is 0. The number of benzene rings is 2. The van der Waals surface area contributed by atoms with Crippen molar-refractivity contribution >= 4 is 12.4 Å². The van der Waals surface area contributed by atoms with Crippen LogP contribution in [0.15, 0.2) is 48.5 Å². The van der Waals surface area contributed by atoms with Crippen molar-refractivity contribution < 1.29 is 73.5 Å². The molecule has 0 N–H and O–H groups in total. The van der Waals surface area contributed by atoms with Crippen molar-refractivity contribution in [3.63, 3.8) is 0 Å². The number of halogens is 4. The molecule has 0 aliphatic rings. The summed E-state index contributed by atoms with van der Waals surface area (Å²) in [6.45, 7) is -5.15. The molecule has 2 aromatic carbocycles. The first-order valence-electron chi connectivity index (χ1n) is 5.63. The number of hydrogen-bond acceptors (Lipinski definition) is 1. The van der Waals surface area contributed by atoms with E-state index in [1.165, 1.54) is 42.5 Å². The second-order valence-corrected chi connectivity index (χ2v) is 4.03. The van der Waals surface area contributed by atoms with Crippen LogP contribution in [0.2, 0.25) is 0 Å². The largest absolute Gasteiger partial charge is 1.00 e. The quantitative estimate of drug-likeness (QED) is 0.589. The Morgan fingerprint density at radius 1 is 0.900 bits per heavy atom. The summed E-state index contributed by atoms with van der Waals surface area (Å²) in [4.78, 5) is 0. The van der Waals surface area contributed by atoms with Gasteiger partial charge < -0.3 is 17.7 Å². The van der Waals surface area contributed by atoms with Gasteiger partial charge in [-0.05, 0) is 23.8 Å². The molecule has 0 saturated carbocycles. The van der Waals surface area contributed by atoms with Crippen molar-refractivity contribution in [3.8, 4) is 5.75 Å². The minimum Gasteiger partial charge on any atom is -0.492 e. The maximum atomic E-state index is 12.8. The molecule has 0 aliphatic carbocycles. The van der Waals surface area contributed by atoms with Gasteiger partial charge in [-0.2, -0.15) is 0 Å². The Labute approximate surface area is 156 Å². The SMILES string of the molecule is Fc1ccc(COc2ccccc2[B-](F)(F)F)cc1.[K+]. The predicted octanol–water partition coefficient (Wildman–Crippen LogP) is 0.463. The summed E-state index contributed by atoms with van der Waals surface area (Å²) in [7, 11) is 0. The van der Waals surface area contributed by atoms with Gasteiger partial charge in [0.05, 0.1) is 5.75 Å². The number of para-hydroxylation sites is 1. The monoisotopic (exact) mass is 308 g/mol. The summed E-state index contributed by atoms with van der Waals surface area (Å²) in [6, 6.07) is 10.5. The molecule has 20 heavy (non-hydrogen) atoms. The standard InChI is InChI=1S/C13H10BF4O.K/c15-11-7-5-10(6-8-11)9-19-13-4-2-1-3-12(13)14(16,17)18;/h1-8H,9H2;/q-1;+1. The van der Waals surface area contributed by atoms with Crippen LogP contribution in [0.25, 0.3) is 0 Å². The Morgan fingerprint density at radius 2 is 1.50 bits per heavy atom. The molecule has 2 rings (SSSR count). The van der Waals surface area contributed by atoms with E-state index in [-0.39, 0.29) is 63.7 Å². The van der Waals surface area contributed by atoms with E-state index in [4.69, 9.17) is 4.74 Å². The summed E-state index contributed by atoms with van der Waals surface area (Å²) < 4.78 is 56.1. The Bertz CT molecular complexity index is 557. The van der Waals surface area contributed by atoms with Crippen molar-refractivity contribution in [2.75, 3.05) is 0 Å². The maximum absolute atomic E-state index is 12.8. The summed E-state index contributed by atoms with van der Waals surface area (Å²) in [6.07, 6.45) is 0. The third-order valence-corrected chi connectivity index (χ3v) is 2.58. The molecule has 0 atom stereocenters. The molecule has 0 unspecified atom stereocenters. The van der Waals surface area contributed by atoms with Crippen LogP contribution >= 0.6 is 0 Å². The summed E-state index contributed by atoms with van der Waals surface area (Å²) >= 11 is 0. The Hall–Kier alpha value is -0.339. The summed E-state index contributed by atoms with van der Waals surface area (Å²) in [5.41, 5.74) is -0.157. The van der Waals surface area contributed by atoms with Gasteiger partial charge in [-0.3, -0.25) is 0 Å². The smallest absolute Gasteiger partial charge is 0.492 e. The number of hydrogen-bond donors (Lipinski definition) is 0. The Balaban J connectivity index is 0.00000200. The molecule has 0 bridgehead atoms. The fraction of sp³-hybridized carbons (Fsp3) is 0.0769. The van der Waals surface area contributed by atoms with E-state index in [2.05, 4.69) is 0 Å². The van der Waals surface area contributed by atoms with Crippen LogP contribution in [0.4, 0.5) is 17.3 Å². The molecule has 0 amide bonds. The molecule has 0 aromatic heterocycles. The minimum absolute atomic E-state index is 0. The first kappa shape index (κ1) is 17.7. The molecule has 2 aromatic rings. The van der Waals surface area contributed by atoms with Crippen LogP contribution in [0.1, 0.15) is 5.56 Å². The molecule has 7 heteroatoms. The predicted molar refractivity (Wildman–Crippen MR) is 65.9 cm³/mol. The fourth-order valence-corrected chi connectivity index (χ4v) is 1.62. The van der Waals surface area contributed by atoms with Crippen LogP contribution in [0.5, 0.6) is 5.75 Å². The average Bonchev–Trinajstić information content (AvgIpc) is 2.37. The van der Waals surface area contributed by atoms with Crippen molar-refractivity contribution in [3.05, 3.63) is 59.9 Å². The molecule has 1 nitrogen and oxygen atoms in total. The van der Waals surface area contributed by atoms with E-state index in [0.717, 1.165) is 6.07 Å². The normalized spacial score (nSPS) is 10.8. The van der Waals surface area contributed by atoms with Gasteiger partial charge in [-0.25, -0.2) is 4.39 Å². The van der Waals surface area contributed by atoms with Crippen molar-refractivity contribution in [1.29, 1.82) is 0 Å². The van der Waals surface area contributed by atoms with E-state index in [9.17, 15) is 17.3 Å². The van der Waals surface area contributed by atoms with Crippen LogP contribution in [0, 0.1) is 5.82 Å². The van der Waals surface area contributed by atoms with E-state index in [1.54, 1.807) is 0 Å². The van der Waals surface area contributed by atoms with Crippen LogP contribution in [0.3, 0.4) is 0 Å². The molecule has 0 heterocycles. The molecule has 0 aliphatic heterocycles.